The van der Waals surface area contributed by atoms with E-state index in [0.29, 0.717) is 4.47 Å². The molecule has 2 rings (SSSR count). The molecular weight excluding hydrogens is 294 g/mol. The lowest BCUT2D eigenvalue weighted by atomic mass is 9.87. The van der Waals surface area contributed by atoms with Crippen LogP contribution in [0.1, 0.15) is 12.5 Å². The second kappa shape index (κ2) is 4.25. The zero-order valence-corrected chi connectivity index (χ0v) is 10.7. The number of rotatable bonds is 1. The van der Waals surface area contributed by atoms with Crippen LogP contribution in [0, 0.1) is 5.82 Å². The number of hydrogen-bond acceptors (Lipinski definition) is 3. The van der Waals surface area contributed by atoms with Crippen molar-refractivity contribution >= 4 is 22.0 Å². The van der Waals surface area contributed by atoms with Crippen LogP contribution in [0.3, 0.4) is 0 Å². The zero-order chi connectivity index (χ0) is 12.6. The van der Waals surface area contributed by atoms with Gasteiger partial charge < -0.3 is 10.5 Å². The van der Waals surface area contributed by atoms with Crippen molar-refractivity contribution in [2.45, 2.75) is 18.6 Å². The summed E-state index contributed by atoms with van der Waals surface area (Å²) < 4.78 is 33.1. The largest absolute Gasteiger partial charge is 0.462 e. The highest BCUT2D eigenvalue weighted by atomic mass is 79.9. The fraction of sp³-hybridized carbons (Fsp3) is 0.364. The van der Waals surface area contributed by atoms with Gasteiger partial charge in [0.2, 0.25) is 0 Å². The third kappa shape index (κ3) is 2.13. The summed E-state index contributed by atoms with van der Waals surface area (Å²) in [6.45, 7) is 1.27. The summed E-state index contributed by atoms with van der Waals surface area (Å²) in [7, 11) is 0. The first-order valence-corrected chi connectivity index (χ1v) is 5.80. The lowest BCUT2D eigenvalue weighted by Gasteiger charge is -2.33. The molecule has 1 aromatic rings. The standard InChI is InChI=1S/C11H11BrF2N2O/c1-11(9(14)5-17-10(15)16-11)7-4-6(12)2-3-8(7)13/h2-4,9H,5H2,1H3,(H2,15,16)/t9-,11+/m0/s1. The Bertz CT molecular complexity index is 481. The van der Waals surface area contributed by atoms with Gasteiger partial charge in [0.15, 0.2) is 6.17 Å². The molecule has 1 aliphatic rings. The highest BCUT2D eigenvalue weighted by Gasteiger charge is 2.42. The van der Waals surface area contributed by atoms with Crippen LogP contribution in [0.25, 0.3) is 0 Å². The summed E-state index contributed by atoms with van der Waals surface area (Å²) in [5, 5.41) is 0. The second-order valence-corrected chi connectivity index (χ2v) is 4.92. The van der Waals surface area contributed by atoms with Crippen LogP contribution in [0.5, 0.6) is 0 Å². The zero-order valence-electron chi connectivity index (χ0n) is 9.08. The van der Waals surface area contributed by atoms with E-state index in [4.69, 9.17) is 10.5 Å². The van der Waals surface area contributed by atoms with E-state index in [1.54, 1.807) is 6.07 Å². The Balaban J connectivity index is 2.56. The van der Waals surface area contributed by atoms with E-state index in [1.807, 2.05) is 0 Å². The monoisotopic (exact) mass is 304 g/mol. The van der Waals surface area contributed by atoms with Crippen molar-refractivity contribution in [1.82, 2.24) is 0 Å². The molecule has 0 aromatic heterocycles. The lowest BCUT2D eigenvalue weighted by molar-refractivity contribution is 0.0923. The van der Waals surface area contributed by atoms with Crippen LogP contribution in [-0.2, 0) is 10.3 Å². The van der Waals surface area contributed by atoms with Gasteiger partial charge in [-0.05, 0) is 25.1 Å². The number of amidine groups is 1. The van der Waals surface area contributed by atoms with Gasteiger partial charge in [-0.25, -0.2) is 13.8 Å². The maximum Gasteiger partial charge on any atom is 0.283 e. The highest BCUT2D eigenvalue weighted by Crippen LogP contribution is 2.36. The van der Waals surface area contributed by atoms with Crippen molar-refractivity contribution in [3.05, 3.63) is 34.1 Å². The molecule has 0 bridgehead atoms. The van der Waals surface area contributed by atoms with Gasteiger partial charge in [0.05, 0.1) is 0 Å². The van der Waals surface area contributed by atoms with Gasteiger partial charge in [-0.2, -0.15) is 0 Å². The number of nitrogens with two attached hydrogens (primary N) is 1. The van der Waals surface area contributed by atoms with Gasteiger partial charge in [0.25, 0.3) is 6.02 Å². The van der Waals surface area contributed by atoms with Gasteiger partial charge >= 0.3 is 0 Å². The van der Waals surface area contributed by atoms with Crippen LogP contribution in [0.4, 0.5) is 8.78 Å². The number of hydrogen-bond donors (Lipinski definition) is 1. The molecule has 92 valence electrons. The van der Waals surface area contributed by atoms with Gasteiger partial charge in [-0.1, -0.05) is 15.9 Å². The minimum atomic E-state index is -1.45. The number of aliphatic imine (C=N–C) groups is 1. The molecule has 0 spiro atoms. The van der Waals surface area contributed by atoms with Crippen LogP contribution in [0.15, 0.2) is 27.7 Å². The number of benzene rings is 1. The van der Waals surface area contributed by atoms with Crippen molar-refractivity contribution in [3.8, 4) is 0 Å². The lowest BCUT2D eigenvalue weighted by Crippen LogP contribution is -2.43. The van der Waals surface area contributed by atoms with E-state index < -0.39 is 17.5 Å². The topological polar surface area (TPSA) is 47.6 Å². The Kier molecular flexibility index (Phi) is 3.07. The molecule has 2 atom stereocenters. The summed E-state index contributed by atoms with van der Waals surface area (Å²) >= 11 is 3.22. The first-order chi connectivity index (χ1) is 7.93. The maximum absolute atomic E-state index is 13.9. The minimum Gasteiger partial charge on any atom is -0.462 e. The normalized spacial score (nSPS) is 28.5. The molecule has 0 radical (unpaired) electrons. The Hall–Kier alpha value is -1.17. The molecule has 1 aromatic carbocycles. The Labute approximate surface area is 106 Å². The van der Waals surface area contributed by atoms with Crippen molar-refractivity contribution < 1.29 is 13.5 Å². The van der Waals surface area contributed by atoms with Crippen molar-refractivity contribution in [2.24, 2.45) is 10.7 Å². The van der Waals surface area contributed by atoms with Crippen molar-refractivity contribution in [3.63, 3.8) is 0 Å². The molecule has 17 heavy (non-hydrogen) atoms. The molecule has 0 saturated carbocycles. The summed E-state index contributed by atoms with van der Waals surface area (Å²) in [5.41, 5.74) is 4.23. The smallest absolute Gasteiger partial charge is 0.283 e. The van der Waals surface area contributed by atoms with Crippen LogP contribution in [-0.4, -0.2) is 18.8 Å². The molecule has 1 heterocycles. The van der Waals surface area contributed by atoms with Gasteiger partial charge in [-0.3, -0.25) is 0 Å². The van der Waals surface area contributed by atoms with Crippen LogP contribution < -0.4 is 5.73 Å². The third-order valence-corrected chi connectivity index (χ3v) is 3.30. The quantitative estimate of drug-likeness (QED) is 0.866. The summed E-state index contributed by atoms with van der Waals surface area (Å²) in [6.07, 6.45) is -1.45. The van der Waals surface area contributed by atoms with Crippen molar-refractivity contribution in [2.75, 3.05) is 6.61 Å². The Morgan fingerprint density at radius 3 is 3.00 bits per heavy atom. The molecular formula is C11H11BrF2N2O. The van der Waals surface area contributed by atoms with E-state index in [9.17, 15) is 8.78 Å². The number of ether oxygens (including phenoxy) is 1. The van der Waals surface area contributed by atoms with E-state index >= 15 is 0 Å². The SMILES string of the molecule is C[C@]1(c2cc(Br)ccc2F)N=C(N)OC[C@@H]1F. The molecule has 0 saturated heterocycles. The summed E-state index contributed by atoms with van der Waals surface area (Å²) in [5.74, 6) is -0.517. The number of nitrogens with zero attached hydrogens (tertiary/aromatic N) is 1. The molecule has 0 amide bonds. The minimum absolute atomic E-state index is 0.124. The molecule has 1 aliphatic heterocycles. The van der Waals surface area contributed by atoms with E-state index in [1.165, 1.54) is 19.1 Å². The average Bonchev–Trinajstić information content (AvgIpc) is 2.27. The first-order valence-electron chi connectivity index (χ1n) is 5.01. The van der Waals surface area contributed by atoms with Crippen LogP contribution in [0.2, 0.25) is 0 Å². The Morgan fingerprint density at radius 2 is 2.29 bits per heavy atom. The summed E-state index contributed by atoms with van der Waals surface area (Å²) in [6, 6.07) is 4.19. The predicted molar refractivity (Wildman–Crippen MR) is 63.9 cm³/mol. The van der Waals surface area contributed by atoms with Gasteiger partial charge in [-0.15, -0.1) is 0 Å². The average molecular weight is 305 g/mol. The van der Waals surface area contributed by atoms with Gasteiger partial charge in [0, 0.05) is 10.0 Å². The highest BCUT2D eigenvalue weighted by molar-refractivity contribution is 9.10. The number of alkyl halides is 1. The fourth-order valence-corrected chi connectivity index (χ4v) is 2.13. The summed E-state index contributed by atoms with van der Waals surface area (Å²) in [4.78, 5) is 3.90. The van der Waals surface area contributed by atoms with E-state index in [2.05, 4.69) is 20.9 Å². The van der Waals surface area contributed by atoms with Crippen LogP contribution >= 0.6 is 15.9 Å². The molecule has 3 nitrogen and oxygen atoms in total. The van der Waals surface area contributed by atoms with Gasteiger partial charge in [0.1, 0.15) is 18.0 Å². The molecule has 2 N–H and O–H groups in total. The second-order valence-electron chi connectivity index (χ2n) is 4.00. The van der Waals surface area contributed by atoms with E-state index in [-0.39, 0.29) is 18.2 Å². The Morgan fingerprint density at radius 1 is 1.59 bits per heavy atom. The first kappa shape index (κ1) is 12.3. The maximum atomic E-state index is 13.9. The van der Waals surface area contributed by atoms with Crippen molar-refractivity contribution in [1.29, 1.82) is 0 Å². The fourth-order valence-electron chi connectivity index (χ4n) is 1.77. The third-order valence-electron chi connectivity index (χ3n) is 2.80. The van der Waals surface area contributed by atoms with E-state index in [0.717, 1.165) is 0 Å². The molecule has 6 heteroatoms. The molecule has 0 unspecified atom stereocenters. The predicted octanol–water partition coefficient (Wildman–Crippen LogP) is 2.49. The number of halogens is 3. The molecule has 0 fully saturated rings. The molecule has 0 aliphatic carbocycles.